The Morgan fingerprint density at radius 2 is 2.05 bits per heavy atom. The van der Waals surface area contributed by atoms with Gasteiger partial charge < -0.3 is 10.1 Å². The van der Waals surface area contributed by atoms with Crippen LogP contribution >= 0.6 is 11.6 Å². The number of anilines is 1. The van der Waals surface area contributed by atoms with E-state index in [1.54, 1.807) is 36.1 Å². The maximum Gasteiger partial charge on any atom is 0.320 e. The molecule has 0 unspecified atom stereocenters. The third-order valence-corrected chi connectivity index (χ3v) is 2.91. The summed E-state index contributed by atoms with van der Waals surface area (Å²) in [5, 5.41) is 3.32. The smallest absolute Gasteiger partial charge is 0.320 e. The fraction of sp³-hybridized carbons (Fsp3) is 0.467. The fourth-order valence-corrected chi connectivity index (χ4v) is 2.08. The lowest BCUT2D eigenvalue weighted by atomic mass is 10.3. The first-order valence-electron chi connectivity index (χ1n) is 6.98. The second-order valence-corrected chi connectivity index (χ2v) is 5.01. The summed E-state index contributed by atoms with van der Waals surface area (Å²) in [5.74, 6) is -0.503. The summed E-state index contributed by atoms with van der Waals surface area (Å²) in [5.41, 5.74) is 0.639. The molecule has 0 bridgehead atoms. The van der Waals surface area contributed by atoms with Gasteiger partial charge in [-0.1, -0.05) is 24.6 Å². The number of ether oxygens (including phenoxy) is 1. The van der Waals surface area contributed by atoms with Crippen LogP contribution in [-0.4, -0.2) is 43.0 Å². The lowest BCUT2D eigenvalue weighted by molar-refractivity contribution is -0.144. The third-order valence-electron chi connectivity index (χ3n) is 2.67. The lowest BCUT2D eigenvalue weighted by Gasteiger charge is -2.20. The van der Waals surface area contributed by atoms with Crippen molar-refractivity contribution in [2.75, 3.05) is 31.6 Å². The summed E-state index contributed by atoms with van der Waals surface area (Å²) in [7, 11) is 0. The van der Waals surface area contributed by atoms with Crippen molar-refractivity contribution >= 4 is 29.2 Å². The van der Waals surface area contributed by atoms with Crippen LogP contribution in [0.25, 0.3) is 0 Å². The molecular weight excluding hydrogens is 292 g/mol. The second kappa shape index (κ2) is 9.37. The quantitative estimate of drug-likeness (QED) is 0.750. The van der Waals surface area contributed by atoms with Crippen molar-refractivity contribution in [3.05, 3.63) is 29.3 Å². The van der Waals surface area contributed by atoms with Crippen molar-refractivity contribution in [1.29, 1.82) is 0 Å². The van der Waals surface area contributed by atoms with Gasteiger partial charge >= 0.3 is 5.97 Å². The zero-order valence-electron chi connectivity index (χ0n) is 12.4. The monoisotopic (exact) mass is 312 g/mol. The van der Waals surface area contributed by atoms with E-state index in [1.165, 1.54) is 0 Å². The van der Waals surface area contributed by atoms with Gasteiger partial charge in [0.1, 0.15) is 0 Å². The molecule has 0 atom stereocenters. The maximum absolute atomic E-state index is 12.0. The van der Waals surface area contributed by atoms with Crippen LogP contribution in [-0.2, 0) is 14.3 Å². The highest BCUT2D eigenvalue weighted by atomic mass is 35.5. The van der Waals surface area contributed by atoms with Crippen molar-refractivity contribution in [1.82, 2.24) is 4.90 Å². The number of benzene rings is 1. The number of nitrogens with one attached hydrogen (secondary N) is 1. The summed E-state index contributed by atoms with van der Waals surface area (Å²) < 4.78 is 4.90. The molecule has 1 N–H and O–H groups in total. The highest BCUT2D eigenvalue weighted by molar-refractivity contribution is 6.30. The van der Waals surface area contributed by atoms with E-state index in [1.807, 2.05) is 6.92 Å². The summed E-state index contributed by atoms with van der Waals surface area (Å²) in [4.78, 5) is 25.3. The Labute approximate surface area is 130 Å². The van der Waals surface area contributed by atoms with Gasteiger partial charge in [-0.2, -0.15) is 0 Å². The maximum atomic E-state index is 12.0. The highest BCUT2D eigenvalue weighted by Gasteiger charge is 2.14. The number of hydrogen-bond acceptors (Lipinski definition) is 4. The molecule has 0 saturated carbocycles. The Hall–Kier alpha value is -1.59. The number of nitrogens with zero attached hydrogens (tertiary/aromatic N) is 1. The topological polar surface area (TPSA) is 58.6 Å². The van der Waals surface area contributed by atoms with E-state index in [4.69, 9.17) is 16.3 Å². The third kappa shape index (κ3) is 7.11. The van der Waals surface area contributed by atoms with Crippen LogP contribution in [0.15, 0.2) is 24.3 Å². The fourth-order valence-electron chi connectivity index (χ4n) is 1.89. The molecule has 0 aliphatic carbocycles. The van der Waals surface area contributed by atoms with E-state index >= 15 is 0 Å². The first-order valence-corrected chi connectivity index (χ1v) is 7.36. The molecule has 1 amide bonds. The minimum absolute atomic E-state index is 0.116. The summed E-state index contributed by atoms with van der Waals surface area (Å²) in [6, 6.07) is 6.94. The number of carbonyl (C=O) groups is 2. The number of rotatable bonds is 8. The molecule has 0 aliphatic rings. The number of esters is 1. The van der Waals surface area contributed by atoms with Crippen LogP contribution in [0.3, 0.4) is 0 Å². The minimum atomic E-state index is -0.318. The molecule has 5 nitrogen and oxygen atoms in total. The summed E-state index contributed by atoms with van der Waals surface area (Å²) in [6.45, 7) is 5.00. The lowest BCUT2D eigenvalue weighted by Crippen LogP contribution is -2.38. The second-order valence-electron chi connectivity index (χ2n) is 4.57. The largest absolute Gasteiger partial charge is 0.465 e. The number of halogens is 1. The van der Waals surface area contributed by atoms with E-state index in [0.29, 0.717) is 23.9 Å². The van der Waals surface area contributed by atoms with E-state index in [2.05, 4.69) is 5.32 Å². The highest BCUT2D eigenvalue weighted by Crippen LogP contribution is 2.14. The van der Waals surface area contributed by atoms with Crippen molar-refractivity contribution in [3.63, 3.8) is 0 Å². The first kappa shape index (κ1) is 17.5. The summed E-state index contributed by atoms with van der Waals surface area (Å²) >= 11 is 5.86. The molecule has 0 spiro atoms. The zero-order valence-corrected chi connectivity index (χ0v) is 13.2. The number of carbonyl (C=O) groups excluding carboxylic acids is 2. The zero-order chi connectivity index (χ0) is 15.7. The molecule has 1 rings (SSSR count). The van der Waals surface area contributed by atoms with Gasteiger partial charge in [-0.05, 0) is 38.1 Å². The summed E-state index contributed by atoms with van der Waals surface area (Å²) in [6.07, 6.45) is 0.851. The van der Waals surface area contributed by atoms with E-state index in [0.717, 1.165) is 6.42 Å². The van der Waals surface area contributed by atoms with Crippen molar-refractivity contribution < 1.29 is 14.3 Å². The van der Waals surface area contributed by atoms with Gasteiger partial charge in [0.15, 0.2) is 0 Å². The van der Waals surface area contributed by atoms with E-state index < -0.39 is 0 Å². The first-order chi connectivity index (χ1) is 10.0. The van der Waals surface area contributed by atoms with E-state index in [9.17, 15) is 9.59 Å². The van der Waals surface area contributed by atoms with Crippen LogP contribution in [0.4, 0.5) is 5.69 Å². The van der Waals surface area contributed by atoms with Gasteiger partial charge in [0, 0.05) is 10.7 Å². The van der Waals surface area contributed by atoms with E-state index in [-0.39, 0.29) is 25.0 Å². The molecule has 6 heteroatoms. The number of hydrogen-bond donors (Lipinski definition) is 1. The normalized spacial score (nSPS) is 10.5. The van der Waals surface area contributed by atoms with Gasteiger partial charge in [0.2, 0.25) is 5.91 Å². The minimum Gasteiger partial charge on any atom is -0.465 e. The molecule has 0 aliphatic heterocycles. The Balaban J connectivity index is 2.53. The number of amides is 1. The Kier molecular flexibility index (Phi) is 7.79. The molecule has 21 heavy (non-hydrogen) atoms. The molecule has 0 fully saturated rings. The van der Waals surface area contributed by atoms with Crippen LogP contribution in [0.5, 0.6) is 0 Å². The average Bonchev–Trinajstić information content (AvgIpc) is 2.38. The predicted molar refractivity (Wildman–Crippen MR) is 83.4 cm³/mol. The van der Waals surface area contributed by atoms with Crippen LogP contribution in [0, 0.1) is 0 Å². The van der Waals surface area contributed by atoms with Crippen LogP contribution < -0.4 is 5.32 Å². The average molecular weight is 313 g/mol. The van der Waals surface area contributed by atoms with Crippen LogP contribution in [0.1, 0.15) is 20.3 Å². The van der Waals surface area contributed by atoms with Crippen LogP contribution in [0.2, 0.25) is 5.02 Å². The molecule has 0 saturated heterocycles. The Morgan fingerprint density at radius 1 is 1.29 bits per heavy atom. The van der Waals surface area contributed by atoms with Gasteiger partial charge in [-0.25, -0.2) is 0 Å². The molecule has 0 radical (unpaired) electrons. The molecule has 0 aromatic heterocycles. The van der Waals surface area contributed by atoms with Gasteiger partial charge in [0.05, 0.1) is 19.7 Å². The predicted octanol–water partition coefficient (Wildman–Crippen LogP) is 2.55. The van der Waals surface area contributed by atoms with Gasteiger partial charge in [0.25, 0.3) is 0 Å². The van der Waals surface area contributed by atoms with Crippen molar-refractivity contribution in [3.8, 4) is 0 Å². The Bertz CT molecular complexity index is 480. The SMILES string of the molecule is CCCN(CC(=O)Nc1cccc(Cl)c1)CC(=O)OCC. The molecule has 1 aromatic rings. The standard InChI is InChI=1S/C15H21ClN2O3/c1-3-8-18(11-15(20)21-4-2)10-14(19)17-13-7-5-6-12(16)9-13/h5-7,9H,3-4,8,10-11H2,1-2H3,(H,17,19). The molecule has 116 valence electrons. The molecule has 1 aromatic carbocycles. The van der Waals surface area contributed by atoms with Crippen molar-refractivity contribution in [2.24, 2.45) is 0 Å². The Morgan fingerprint density at radius 3 is 2.67 bits per heavy atom. The van der Waals surface area contributed by atoms with Crippen molar-refractivity contribution in [2.45, 2.75) is 20.3 Å². The molecular formula is C15H21ClN2O3. The molecule has 0 heterocycles. The van der Waals surface area contributed by atoms with Gasteiger partial charge in [-0.3, -0.25) is 14.5 Å². The van der Waals surface area contributed by atoms with Gasteiger partial charge in [-0.15, -0.1) is 0 Å².